The normalized spacial score (nSPS) is 14.2. The molecule has 0 saturated heterocycles. The first kappa shape index (κ1) is 29.3. The number of hydrogen-bond acceptors (Lipinski definition) is 6. The highest BCUT2D eigenvalue weighted by molar-refractivity contribution is 5.94. The number of nitrogens with one attached hydrogen (secondary N) is 3. The maximum atomic E-state index is 13.3. The van der Waals surface area contributed by atoms with E-state index in [0.29, 0.717) is 0 Å². The van der Waals surface area contributed by atoms with Gasteiger partial charge in [-0.3, -0.25) is 19.2 Å². The second kappa shape index (κ2) is 14.0. The lowest BCUT2D eigenvalue weighted by molar-refractivity contribution is -0.141. The molecule has 2 aromatic rings. The van der Waals surface area contributed by atoms with Gasteiger partial charge in [0.2, 0.25) is 17.7 Å². The number of hydrogen-bond donors (Lipinski definition) is 6. The first-order valence-electron chi connectivity index (χ1n) is 12.2. The molecule has 0 heterocycles. The summed E-state index contributed by atoms with van der Waals surface area (Å²) in [6, 6.07) is 11.3. The molecular formula is C27H36N4O6. The number of aromatic hydroxyl groups is 1. The number of nitrogens with two attached hydrogens (primary N) is 1. The van der Waals surface area contributed by atoms with Crippen LogP contribution in [0.25, 0.3) is 0 Å². The fraction of sp³-hybridized carbons (Fsp3) is 0.407. The van der Waals surface area contributed by atoms with E-state index in [9.17, 15) is 24.3 Å². The highest BCUT2D eigenvalue weighted by atomic mass is 16.4. The van der Waals surface area contributed by atoms with Gasteiger partial charge in [0, 0.05) is 6.42 Å². The molecule has 0 saturated carbocycles. The van der Waals surface area contributed by atoms with Crippen LogP contribution < -0.4 is 21.7 Å². The molecule has 0 aliphatic carbocycles. The molecule has 0 bridgehead atoms. The summed E-state index contributed by atoms with van der Waals surface area (Å²) in [6.45, 7) is 5.08. The second-order valence-corrected chi connectivity index (χ2v) is 9.49. The molecule has 0 fully saturated rings. The smallest absolute Gasteiger partial charge is 0.325 e. The van der Waals surface area contributed by atoms with Gasteiger partial charge in [-0.25, -0.2) is 0 Å². The van der Waals surface area contributed by atoms with E-state index in [0.717, 1.165) is 11.1 Å². The molecule has 0 aliphatic rings. The minimum absolute atomic E-state index is 0.0251. The van der Waals surface area contributed by atoms with Gasteiger partial charge in [-0.2, -0.15) is 0 Å². The van der Waals surface area contributed by atoms with Crippen molar-refractivity contribution in [3.8, 4) is 5.75 Å². The van der Waals surface area contributed by atoms with Gasteiger partial charge in [-0.05, 0) is 48.9 Å². The number of benzene rings is 2. The van der Waals surface area contributed by atoms with Crippen molar-refractivity contribution in [3.05, 3.63) is 65.7 Å². The Morgan fingerprint density at radius 1 is 0.757 bits per heavy atom. The van der Waals surface area contributed by atoms with E-state index in [1.807, 2.05) is 44.2 Å². The van der Waals surface area contributed by atoms with Crippen LogP contribution in [-0.4, -0.2) is 58.1 Å². The lowest BCUT2D eigenvalue weighted by Crippen LogP contribution is -2.57. The Labute approximate surface area is 216 Å². The Bertz CT molecular complexity index is 1060. The third-order valence-corrected chi connectivity index (χ3v) is 5.71. The number of carboxylic acids is 1. The second-order valence-electron chi connectivity index (χ2n) is 9.49. The molecule has 4 unspecified atom stereocenters. The van der Waals surface area contributed by atoms with Crippen molar-refractivity contribution in [2.45, 2.75) is 64.2 Å². The fourth-order valence-electron chi connectivity index (χ4n) is 3.67. The van der Waals surface area contributed by atoms with Gasteiger partial charge in [-0.15, -0.1) is 0 Å². The van der Waals surface area contributed by atoms with E-state index in [1.54, 1.807) is 12.1 Å². The molecule has 0 aliphatic heterocycles. The molecule has 2 aromatic carbocycles. The van der Waals surface area contributed by atoms with Crippen molar-refractivity contribution >= 4 is 23.7 Å². The van der Waals surface area contributed by atoms with Crippen molar-refractivity contribution in [1.82, 2.24) is 16.0 Å². The molecule has 0 radical (unpaired) electrons. The number of carboxylic acid groups (broad SMARTS) is 1. The van der Waals surface area contributed by atoms with E-state index < -0.39 is 47.9 Å². The van der Waals surface area contributed by atoms with E-state index in [4.69, 9.17) is 10.8 Å². The van der Waals surface area contributed by atoms with Gasteiger partial charge in [0.05, 0.1) is 6.04 Å². The van der Waals surface area contributed by atoms with Crippen molar-refractivity contribution in [2.24, 2.45) is 11.7 Å². The molecular weight excluding hydrogens is 476 g/mol. The SMILES string of the molecule is CC(C)CC(NC(=O)C(Cc1ccccc1)NC(=O)C(N)Cc1ccc(O)cc1)C(=O)NC(C)C(=O)O. The van der Waals surface area contributed by atoms with Gasteiger partial charge in [0.25, 0.3) is 0 Å². The molecule has 10 heteroatoms. The van der Waals surface area contributed by atoms with E-state index in [2.05, 4.69) is 16.0 Å². The highest BCUT2D eigenvalue weighted by Crippen LogP contribution is 2.12. The highest BCUT2D eigenvalue weighted by Gasteiger charge is 2.30. The molecule has 10 nitrogen and oxygen atoms in total. The molecule has 200 valence electrons. The van der Waals surface area contributed by atoms with Crippen LogP contribution in [0.5, 0.6) is 5.75 Å². The number of phenols is 1. The summed E-state index contributed by atoms with van der Waals surface area (Å²) in [5.41, 5.74) is 7.63. The lowest BCUT2D eigenvalue weighted by atomic mass is 10.00. The average molecular weight is 513 g/mol. The molecule has 37 heavy (non-hydrogen) atoms. The van der Waals surface area contributed by atoms with Gasteiger partial charge >= 0.3 is 5.97 Å². The Balaban J connectivity index is 2.18. The van der Waals surface area contributed by atoms with Gasteiger partial charge in [-0.1, -0.05) is 56.3 Å². The van der Waals surface area contributed by atoms with Crippen molar-refractivity contribution in [3.63, 3.8) is 0 Å². The Morgan fingerprint density at radius 2 is 1.30 bits per heavy atom. The summed E-state index contributed by atoms with van der Waals surface area (Å²) >= 11 is 0. The molecule has 2 rings (SSSR count). The summed E-state index contributed by atoms with van der Waals surface area (Å²) < 4.78 is 0. The van der Waals surface area contributed by atoms with Crippen LogP contribution in [0.4, 0.5) is 0 Å². The van der Waals surface area contributed by atoms with Crippen molar-refractivity contribution < 1.29 is 29.4 Å². The monoisotopic (exact) mass is 512 g/mol. The number of aliphatic carboxylic acids is 1. The number of carbonyl (C=O) groups excluding carboxylic acids is 3. The average Bonchev–Trinajstić information content (AvgIpc) is 2.84. The van der Waals surface area contributed by atoms with E-state index >= 15 is 0 Å². The summed E-state index contributed by atoms with van der Waals surface area (Å²) in [5.74, 6) is -2.83. The van der Waals surface area contributed by atoms with Crippen molar-refractivity contribution in [1.29, 1.82) is 0 Å². The molecule has 0 aromatic heterocycles. The molecule has 4 atom stereocenters. The van der Waals surface area contributed by atoms with E-state index in [1.165, 1.54) is 19.1 Å². The molecule has 7 N–H and O–H groups in total. The number of carbonyl (C=O) groups is 4. The number of phenolic OH excluding ortho intramolecular Hbond substituents is 1. The van der Waals surface area contributed by atoms with Crippen LogP contribution in [0.2, 0.25) is 0 Å². The topological polar surface area (TPSA) is 171 Å². The van der Waals surface area contributed by atoms with Crippen LogP contribution in [0, 0.1) is 5.92 Å². The van der Waals surface area contributed by atoms with Gasteiger partial charge < -0.3 is 31.9 Å². The Kier molecular flexibility index (Phi) is 11.1. The van der Waals surface area contributed by atoms with Crippen LogP contribution in [0.15, 0.2) is 54.6 Å². The van der Waals surface area contributed by atoms with E-state index in [-0.39, 0.29) is 30.9 Å². The summed E-state index contributed by atoms with van der Waals surface area (Å²) in [5, 5.41) is 26.4. The number of amides is 3. The standard InChI is InChI=1S/C27H36N4O6/c1-16(2)13-22(25(34)29-17(3)27(36)37)31-26(35)23(15-18-7-5-4-6-8-18)30-24(33)21(28)14-19-9-11-20(32)12-10-19/h4-12,16-17,21-23,32H,13-15,28H2,1-3H3,(H,29,34)(H,30,33)(H,31,35)(H,36,37). The summed E-state index contributed by atoms with van der Waals surface area (Å²) in [6.07, 6.45) is 0.624. The largest absolute Gasteiger partial charge is 0.508 e. The number of rotatable bonds is 13. The Hall–Kier alpha value is -3.92. The Morgan fingerprint density at radius 3 is 1.86 bits per heavy atom. The zero-order chi connectivity index (χ0) is 27.5. The minimum Gasteiger partial charge on any atom is -0.508 e. The maximum Gasteiger partial charge on any atom is 0.325 e. The fourth-order valence-corrected chi connectivity index (χ4v) is 3.67. The minimum atomic E-state index is -1.19. The maximum absolute atomic E-state index is 13.3. The predicted molar refractivity (Wildman–Crippen MR) is 138 cm³/mol. The van der Waals surface area contributed by atoms with Gasteiger partial charge in [0.15, 0.2) is 0 Å². The van der Waals surface area contributed by atoms with Crippen LogP contribution in [0.3, 0.4) is 0 Å². The molecule has 0 spiro atoms. The zero-order valence-electron chi connectivity index (χ0n) is 21.3. The third-order valence-electron chi connectivity index (χ3n) is 5.71. The molecule has 3 amide bonds. The zero-order valence-corrected chi connectivity index (χ0v) is 21.3. The summed E-state index contributed by atoms with van der Waals surface area (Å²) in [7, 11) is 0. The van der Waals surface area contributed by atoms with Crippen LogP contribution >= 0.6 is 0 Å². The van der Waals surface area contributed by atoms with Crippen molar-refractivity contribution in [2.75, 3.05) is 0 Å². The van der Waals surface area contributed by atoms with Gasteiger partial charge in [0.1, 0.15) is 23.9 Å². The quantitative estimate of drug-likeness (QED) is 0.233. The summed E-state index contributed by atoms with van der Waals surface area (Å²) in [4.78, 5) is 50.2. The first-order chi connectivity index (χ1) is 17.5. The predicted octanol–water partition coefficient (Wildman–Crippen LogP) is 1.11. The van der Waals surface area contributed by atoms with Crippen LogP contribution in [0.1, 0.15) is 38.3 Å². The third kappa shape index (κ3) is 9.92. The lowest BCUT2D eigenvalue weighted by Gasteiger charge is -2.26. The van der Waals surface area contributed by atoms with Crippen LogP contribution in [-0.2, 0) is 32.0 Å². The first-order valence-corrected chi connectivity index (χ1v) is 12.2.